The Balaban J connectivity index is 1.72. The van der Waals surface area contributed by atoms with Gasteiger partial charge in [0.25, 0.3) is 0 Å². The maximum absolute atomic E-state index is 12.7. The van der Waals surface area contributed by atoms with E-state index in [1.54, 1.807) is 20.3 Å². The van der Waals surface area contributed by atoms with Gasteiger partial charge in [0.05, 0.1) is 39.4 Å². The Hall–Kier alpha value is -2.09. The Kier molecular flexibility index (Phi) is 5.34. The molecular formula is C16H24N4O4. The fraction of sp³-hybridized carbons (Fsp3) is 0.688. The summed E-state index contributed by atoms with van der Waals surface area (Å²) in [4.78, 5) is 25.5. The maximum atomic E-state index is 12.7. The molecule has 2 aliphatic rings. The first-order valence-corrected chi connectivity index (χ1v) is 8.30. The lowest BCUT2D eigenvalue weighted by Gasteiger charge is -2.36. The van der Waals surface area contributed by atoms with Crippen LogP contribution in [0.3, 0.4) is 0 Å². The largest absolute Gasteiger partial charge is 0.481 e. The number of aromatic nitrogens is 2. The van der Waals surface area contributed by atoms with Gasteiger partial charge in [0.15, 0.2) is 0 Å². The van der Waals surface area contributed by atoms with E-state index in [1.807, 2.05) is 9.80 Å². The minimum Gasteiger partial charge on any atom is -0.481 e. The number of piperidine rings is 1. The average molecular weight is 336 g/mol. The second-order valence-electron chi connectivity index (χ2n) is 5.98. The zero-order chi connectivity index (χ0) is 16.9. The molecule has 0 bridgehead atoms. The standard InChI is InChI=1S/C16H24N4O4/c1-22-13-10-14(23-2)18-16(17-13)20-5-3-4-12(11-20)15(21)19-6-8-24-9-7-19/h10,12H,3-9,11H2,1-2H3. The van der Waals surface area contributed by atoms with Gasteiger partial charge in [-0.25, -0.2) is 0 Å². The van der Waals surface area contributed by atoms with Crippen molar-refractivity contribution < 1.29 is 19.0 Å². The van der Waals surface area contributed by atoms with Gasteiger partial charge in [0.2, 0.25) is 23.6 Å². The molecule has 0 radical (unpaired) electrons. The van der Waals surface area contributed by atoms with Crippen LogP contribution in [0.1, 0.15) is 12.8 Å². The van der Waals surface area contributed by atoms with Gasteiger partial charge >= 0.3 is 0 Å². The monoisotopic (exact) mass is 336 g/mol. The second-order valence-corrected chi connectivity index (χ2v) is 5.98. The van der Waals surface area contributed by atoms with Crippen LogP contribution in [0.25, 0.3) is 0 Å². The zero-order valence-corrected chi connectivity index (χ0v) is 14.2. The van der Waals surface area contributed by atoms with Crippen molar-refractivity contribution >= 4 is 11.9 Å². The van der Waals surface area contributed by atoms with Gasteiger partial charge < -0.3 is 24.0 Å². The van der Waals surface area contributed by atoms with Crippen molar-refractivity contribution in [3.05, 3.63) is 6.07 Å². The van der Waals surface area contributed by atoms with Gasteiger partial charge in [-0.05, 0) is 12.8 Å². The number of hydrogen-bond acceptors (Lipinski definition) is 7. The lowest BCUT2D eigenvalue weighted by molar-refractivity contribution is -0.139. The minimum atomic E-state index is -0.0300. The number of nitrogens with zero attached hydrogens (tertiary/aromatic N) is 4. The van der Waals surface area contributed by atoms with Crippen LogP contribution in [0.4, 0.5) is 5.95 Å². The van der Waals surface area contributed by atoms with Crippen LogP contribution in [0.15, 0.2) is 6.07 Å². The number of anilines is 1. The molecule has 0 aliphatic carbocycles. The van der Waals surface area contributed by atoms with E-state index in [4.69, 9.17) is 14.2 Å². The van der Waals surface area contributed by atoms with Crippen molar-refractivity contribution in [3.8, 4) is 11.8 Å². The van der Waals surface area contributed by atoms with Crippen LogP contribution in [0.5, 0.6) is 11.8 Å². The molecule has 0 N–H and O–H groups in total. The summed E-state index contributed by atoms with van der Waals surface area (Å²) in [6.45, 7) is 4.05. The number of amides is 1. The van der Waals surface area contributed by atoms with E-state index in [-0.39, 0.29) is 11.8 Å². The lowest BCUT2D eigenvalue weighted by atomic mass is 9.96. The summed E-state index contributed by atoms with van der Waals surface area (Å²) in [5.74, 6) is 1.64. The maximum Gasteiger partial charge on any atom is 0.231 e. The molecule has 0 saturated carbocycles. The van der Waals surface area contributed by atoms with Crippen LogP contribution >= 0.6 is 0 Å². The van der Waals surface area contributed by atoms with Crippen molar-refractivity contribution in [2.24, 2.45) is 5.92 Å². The first kappa shape index (κ1) is 16.8. The SMILES string of the molecule is COc1cc(OC)nc(N2CCCC(C(=O)N3CCOCC3)C2)n1. The molecule has 24 heavy (non-hydrogen) atoms. The topological polar surface area (TPSA) is 77.0 Å². The molecule has 8 nitrogen and oxygen atoms in total. The summed E-state index contributed by atoms with van der Waals surface area (Å²) < 4.78 is 15.7. The Labute approximate surface area is 141 Å². The molecule has 1 aromatic rings. The van der Waals surface area contributed by atoms with Crippen molar-refractivity contribution in [1.82, 2.24) is 14.9 Å². The third-order valence-electron chi connectivity index (χ3n) is 4.46. The number of hydrogen-bond donors (Lipinski definition) is 0. The van der Waals surface area contributed by atoms with E-state index in [0.717, 1.165) is 19.4 Å². The third-order valence-corrected chi connectivity index (χ3v) is 4.46. The highest BCUT2D eigenvalue weighted by molar-refractivity contribution is 5.79. The quantitative estimate of drug-likeness (QED) is 0.795. The Morgan fingerprint density at radius 2 is 1.83 bits per heavy atom. The Morgan fingerprint density at radius 1 is 1.17 bits per heavy atom. The van der Waals surface area contributed by atoms with Crippen LogP contribution < -0.4 is 14.4 Å². The highest BCUT2D eigenvalue weighted by Crippen LogP contribution is 2.26. The smallest absolute Gasteiger partial charge is 0.231 e. The van der Waals surface area contributed by atoms with Crippen molar-refractivity contribution in [3.63, 3.8) is 0 Å². The minimum absolute atomic E-state index is 0.0300. The second kappa shape index (κ2) is 7.65. The molecule has 0 aromatic carbocycles. The van der Waals surface area contributed by atoms with Gasteiger partial charge in [-0.1, -0.05) is 0 Å². The molecular weight excluding hydrogens is 312 g/mol. The summed E-state index contributed by atoms with van der Waals surface area (Å²) in [5.41, 5.74) is 0. The predicted octanol–water partition coefficient (Wildman–Crippen LogP) is 0.569. The first-order chi connectivity index (χ1) is 11.7. The van der Waals surface area contributed by atoms with Gasteiger partial charge in [-0.3, -0.25) is 4.79 Å². The lowest BCUT2D eigenvalue weighted by Crippen LogP contribution is -2.48. The van der Waals surface area contributed by atoms with Crippen LogP contribution in [0.2, 0.25) is 0 Å². The highest BCUT2D eigenvalue weighted by atomic mass is 16.5. The number of carbonyl (C=O) groups is 1. The molecule has 132 valence electrons. The number of methoxy groups -OCH3 is 2. The molecule has 8 heteroatoms. The average Bonchev–Trinajstić information content (AvgIpc) is 2.67. The van der Waals surface area contributed by atoms with Gasteiger partial charge in [0.1, 0.15) is 0 Å². The molecule has 3 rings (SSSR count). The Bertz CT molecular complexity index is 555. The van der Waals surface area contributed by atoms with Crippen LogP contribution in [0, 0.1) is 5.92 Å². The number of rotatable bonds is 4. The molecule has 2 fully saturated rings. The van der Waals surface area contributed by atoms with Crippen molar-refractivity contribution in [1.29, 1.82) is 0 Å². The highest BCUT2D eigenvalue weighted by Gasteiger charge is 2.31. The van der Waals surface area contributed by atoms with E-state index in [2.05, 4.69) is 9.97 Å². The van der Waals surface area contributed by atoms with E-state index in [9.17, 15) is 4.79 Å². The van der Waals surface area contributed by atoms with E-state index in [1.165, 1.54) is 0 Å². The van der Waals surface area contributed by atoms with Crippen LogP contribution in [-0.4, -0.2) is 74.4 Å². The molecule has 2 aliphatic heterocycles. The Morgan fingerprint density at radius 3 is 2.46 bits per heavy atom. The third kappa shape index (κ3) is 3.69. The molecule has 1 unspecified atom stereocenters. The zero-order valence-electron chi connectivity index (χ0n) is 14.2. The fourth-order valence-corrected chi connectivity index (χ4v) is 3.15. The number of carbonyl (C=O) groups excluding carboxylic acids is 1. The van der Waals surface area contributed by atoms with Crippen molar-refractivity contribution in [2.45, 2.75) is 12.8 Å². The summed E-state index contributed by atoms with van der Waals surface area (Å²) in [5, 5.41) is 0. The fourth-order valence-electron chi connectivity index (χ4n) is 3.15. The number of ether oxygens (including phenoxy) is 3. The van der Waals surface area contributed by atoms with Gasteiger partial charge in [-0.2, -0.15) is 9.97 Å². The number of morpholine rings is 1. The van der Waals surface area contributed by atoms with E-state index >= 15 is 0 Å². The first-order valence-electron chi connectivity index (χ1n) is 8.30. The molecule has 1 atom stereocenters. The summed E-state index contributed by atoms with van der Waals surface area (Å²) in [7, 11) is 3.12. The van der Waals surface area contributed by atoms with E-state index in [0.29, 0.717) is 50.6 Å². The summed E-state index contributed by atoms with van der Waals surface area (Å²) in [6.07, 6.45) is 1.83. The van der Waals surface area contributed by atoms with Gasteiger partial charge in [-0.15, -0.1) is 0 Å². The molecule has 1 amide bonds. The summed E-state index contributed by atoms with van der Waals surface area (Å²) >= 11 is 0. The predicted molar refractivity (Wildman–Crippen MR) is 87.5 cm³/mol. The molecule has 2 saturated heterocycles. The van der Waals surface area contributed by atoms with Crippen LogP contribution in [-0.2, 0) is 9.53 Å². The molecule has 1 aromatic heterocycles. The normalized spacial score (nSPS) is 21.5. The summed E-state index contributed by atoms with van der Waals surface area (Å²) in [6, 6.07) is 1.64. The van der Waals surface area contributed by atoms with Gasteiger partial charge in [0, 0.05) is 26.2 Å². The van der Waals surface area contributed by atoms with Crippen molar-refractivity contribution in [2.75, 3.05) is 58.5 Å². The molecule has 3 heterocycles. The molecule has 0 spiro atoms. The van der Waals surface area contributed by atoms with E-state index < -0.39 is 0 Å².